The molecular formula is C26H33NO. The molecule has 28 heavy (non-hydrogen) atoms. The maximum absolute atomic E-state index is 13.0. The lowest BCUT2D eigenvalue weighted by Gasteiger charge is -2.21. The van der Waals surface area contributed by atoms with Crippen molar-refractivity contribution in [1.29, 1.82) is 0 Å². The molecule has 1 aliphatic carbocycles. The normalized spacial score (nSPS) is 16.7. The predicted octanol–water partition coefficient (Wildman–Crippen LogP) is 7.25. The summed E-state index contributed by atoms with van der Waals surface area (Å²) < 4.78 is 0. The highest BCUT2D eigenvalue weighted by Gasteiger charge is 2.21. The second-order valence-electron chi connectivity index (χ2n) is 8.54. The topological polar surface area (TPSA) is 30.0 Å². The van der Waals surface area contributed by atoms with Crippen LogP contribution in [0.25, 0.3) is 16.8 Å². The Labute approximate surface area is 169 Å². The Hall–Kier alpha value is -2.22. The number of hydrogen-bond acceptors (Lipinski definition) is 2. The fraction of sp³-hybridized carbons (Fsp3) is 0.462. The standard InChI is InChI=1S/C26H33NO/c1-5-25(18(2)3)19(4)26(28)21-12-13-22-17-27-24(16-23(22)15-21)14-11-20-9-7-6-8-10-20/h11-18,20,25H,4-10H2,1-3H3/b14-11+/t25-/m1/s1. The molecule has 0 saturated heterocycles. The second kappa shape index (κ2) is 9.32. The highest BCUT2D eigenvalue weighted by molar-refractivity contribution is 6.10. The summed E-state index contributed by atoms with van der Waals surface area (Å²) in [5.41, 5.74) is 2.42. The first-order chi connectivity index (χ1) is 13.5. The lowest BCUT2D eigenvalue weighted by molar-refractivity contribution is 0.101. The number of pyridine rings is 1. The van der Waals surface area contributed by atoms with E-state index in [0.29, 0.717) is 11.8 Å². The van der Waals surface area contributed by atoms with Gasteiger partial charge in [-0.15, -0.1) is 0 Å². The summed E-state index contributed by atoms with van der Waals surface area (Å²) in [5.74, 6) is 1.40. The lowest BCUT2D eigenvalue weighted by Crippen LogP contribution is -2.17. The van der Waals surface area contributed by atoms with Gasteiger partial charge in [0.2, 0.25) is 0 Å². The van der Waals surface area contributed by atoms with Gasteiger partial charge in [-0.05, 0) is 66.2 Å². The average molecular weight is 376 g/mol. The maximum atomic E-state index is 13.0. The minimum absolute atomic E-state index is 0.0681. The Balaban J connectivity index is 1.82. The van der Waals surface area contributed by atoms with E-state index in [0.717, 1.165) is 34.0 Å². The molecular weight excluding hydrogens is 342 g/mol. The lowest BCUT2D eigenvalue weighted by atomic mass is 9.83. The summed E-state index contributed by atoms with van der Waals surface area (Å²) in [6.45, 7) is 10.6. The van der Waals surface area contributed by atoms with Gasteiger partial charge >= 0.3 is 0 Å². The maximum Gasteiger partial charge on any atom is 0.188 e. The van der Waals surface area contributed by atoms with Crippen LogP contribution in [0.2, 0.25) is 0 Å². The molecule has 0 bridgehead atoms. The number of carbonyl (C=O) groups excluding carboxylic acids is 1. The smallest absolute Gasteiger partial charge is 0.188 e. The Bertz CT molecular complexity index is 871. The Morgan fingerprint density at radius 2 is 1.93 bits per heavy atom. The van der Waals surface area contributed by atoms with Gasteiger partial charge in [-0.25, -0.2) is 0 Å². The molecule has 1 heterocycles. The number of rotatable bonds is 7. The number of allylic oxidation sites excluding steroid dienone is 2. The summed E-state index contributed by atoms with van der Waals surface area (Å²) in [7, 11) is 0. The number of ketones is 1. The number of hydrogen-bond donors (Lipinski definition) is 0. The van der Waals surface area contributed by atoms with Crippen molar-refractivity contribution in [1.82, 2.24) is 4.98 Å². The Morgan fingerprint density at radius 3 is 2.61 bits per heavy atom. The van der Waals surface area contributed by atoms with Crippen molar-refractivity contribution in [3.05, 3.63) is 59.9 Å². The zero-order chi connectivity index (χ0) is 20.1. The van der Waals surface area contributed by atoms with Gasteiger partial charge in [0.05, 0.1) is 5.69 Å². The number of nitrogens with zero attached hydrogens (tertiary/aromatic N) is 1. The van der Waals surface area contributed by atoms with Gasteiger partial charge < -0.3 is 0 Å². The van der Waals surface area contributed by atoms with Gasteiger partial charge in [0, 0.05) is 17.1 Å². The zero-order valence-corrected chi connectivity index (χ0v) is 17.6. The van der Waals surface area contributed by atoms with E-state index >= 15 is 0 Å². The first-order valence-electron chi connectivity index (χ1n) is 10.8. The van der Waals surface area contributed by atoms with Crippen LogP contribution >= 0.6 is 0 Å². The largest absolute Gasteiger partial charge is 0.289 e. The molecule has 0 amide bonds. The van der Waals surface area contributed by atoms with E-state index < -0.39 is 0 Å². The summed E-state index contributed by atoms with van der Waals surface area (Å²) in [6, 6.07) is 7.99. The molecule has 0 N–H and O–H groups in total. The van der Waals surface area contributed by atoms with Gasteiger partial charge in [0.15, 0.2) is 5.78 Å². The average Bonchev–Trinajstić information content (AvgIpc) is 2.72. The van der Waals surface area contributed by atoms with E-state index in [9.17, 15) is 4.79 Å². The molecule has 0 aliphatic heterocycles. The molecule has 2 heteroatoms. The monoisotopic (exact) mass is 375 g/mol. The third-order valence-corrected chi connectivity index (χ3v) is 6.18. The molecule has 148 valence electrons. The van der Waals surface area contributed by atoms with Crippen LogP contribution in [0.4, 0.5) is 0 Å². The van der Waals surface area contributed by atoms with Gasteiger partial charge in [0.1, 0.15) is 0 Å². The quantitative estimate of drug-likeness (QED) is 0.377. The van der Waals surface area contributed by atoms with Crippen molar-refractivity contribution in [3.63, 3.8) is 0 Å². The number of benzene rings is 1. The molecule has 2 nitrogen and oxygen atoms in total. The van der Waals surface area contributed by atoms with Crippen LogP contribution < -0.4 is 0 Å². The summed E-state index contributed by atoms with van der Waals surface area (Å²) >= 11 is 0. The number of aromatic nitrogens is 1. The number of fused-ring (bicyclic) bond motifs is 1. The van der Waals surface area contributed by atoms with Crippen molar-refractivity contribution < 1.29 is 4.79 Å². The first-order valence-corrected chi connectivity index (χ1v) is 10.8. The summed E-state index contributed by atoms with van der Waals surface area (Å²) in [4.78, 5) is 17.6. The minimum Gasteiger partial charge on any atom is -0.289 e. The molecule has 1 aromatic heterocycles. The molecule has 2 aromatic rings. The molecule has 0 spiro atoms. The van der Waals surface area contributed by atoms with Crippen LogP contribution in [-0.2, 0) is 0 Å². The zero-order valence-electron chi connectivity index (χ0n) is 17.6. The van der Waals surface area contributed by atoms with Gasteiger partial charge in [-0.1, -0.05) is 64.8 Å². The molecule has 0 unspecified atom stereocenters. The molecule has 3 rings (SSSR count). The highest BCUT2D eigenvalue weighted by Crippen LogP contribution is 2.28. The minimum atomic E-state index is 0.0681. The SMILES string of the molecule is C=C(C(=O)c1ccc2cnc(/C=C/C3CCCCC3)cc2c1)[C@H](CC)C(C)C. The van der Waals surface area contributed by atoms with Crippen LogP contribution in [0.1, 0.15) is 75.3 Å². The van der Waals surface area contributed by atoms with Crippen molar-refractivity contribution >= 4 is 22.6 Å². The number of carbonyl (C=O) groups is 1. The van der Waals surface area contributed by atoms with Crippen LogP contribution in [0.3, 0.4) is 0 Å². The summed E-state index contributed by atoms with van der Waals surface area (Å²) in [5, 5.41) is 2.13. The van der Waals surface area contributed by atoms with E-state index in [-0.39, 0.29) is 11.7 Å². The van der Waals surface area contributed by atoms with Crippen molar-refractivity contribution in [2.75, 3.05) is 0 Å². The van der Waals surface area contributed by atoms with Gasteiger partial charge in [-0.3, -0.25) is 9.78 Å². The van der Waals surface area contributed by atoms with Crippen molar-refractivity contribution in [2.24, 2.45) is 17.8 Å². The van der Waals surface area contributed by atoms with Gasteiger partial charge in [-0.2, -0.15) is 0 Å². The van der Waals surface area contributed by atoms with Crippen LogP contribution in [0.5, 0.6) is 0 Å². The second-order valence-corrected chi connectivity index (χ2v) is 8.54. The molecule has 1 saturated carbocycles. The third-order valence-electron chi connectivity index (χ3n) is 6.18. The van der Waals surface area contributed by atoms with Crippen LogP contribution in [0.15, 0.2) is 48.7 Å². The van der Waals surface area contributed by atoms with Crippen molar-refractivity contribution in [2.45, 2.75) is 59.3 Å². The number of Topliss-reactive ketones (excluding diaryl/α,β-unsaturated/α-hetero) is 1. The molecule has 1 fully saturated rings. The van der Waals surface area contributed by atoms with E-state index in [1.807, 2.05) is 24.4 Å². The molecule has 1 aliphatic rings. The highest BCUT2D eigenvalue weighted by atomic mass is 16.1. The fourth-order valence-electron chi connectivity index (χ4n) is 4.43. The van der Waals surface area contributed by atoms with E-state index in [1.165, 1.54) is 32.1 Å². The third kappa shape index (κ3) is 4.79. The van der Waals surface area contributed by atoms with Crippen molar-refractivity contribution in [3.8, 4) is 0 Å². The van der Waals surface area contributed by atoms with Gasteiger partial charge in [0.25, 0.3) is 0 Å². The molecule has 0 radical (unpaired) electrons. The van der Waals surface area contributed by atoms with E-state index in [2.05, 4.69) is 50.6 Å². The van der Waals surface area contributed by atoms with E-state index in [4.69, 9.17) is 0 Å². The summed E-state index contributed by atoms with van der Waals surface area (Å²) in [6.07, 6.45) is 13.9. The molecule has 1 atom stereocenters. The molecule has 1 aromatic carbocycles. The fourth-order valence-corrected chi connectivity index (χ4v) is 4.43. The van der Waals surface area contributed by atoms with Crippen LogP contribution in [-0.4, -0.2) is 10.8 Å². The first kappa shape index (κ1) is 20.5. The Kier molecular flexibility index (Phi) is 6.83. The van der Waals surface area contributed by atoms with E-state index in [1.54, 1.807) is 0 Å². The predicted molar refractivity (Wildman–Crippen MR) is 119 cm³/mol. The Morgan fingerprint density at radius 1 is 1.18 bits per heavy atom. The van der Waals surface area contributed by atoms with Crippen LogP contribution in [0, 0.1) is 17.8 Å².